The van der Waals surface area contributed by atoms with Gasteiger partial charge in [-0.2, -0.15) is 0 Å². The Hall–Kier alpha value is -0.860. The number of rotatable bonds is 5. The quantitative estimate of drug-likeness (QED) is 0.667. The summed E-state index contributed by atoms with van der Waals surface area (Å²) < 4.78 is 0. The Balaban J connectivity index is 4.18. The van der Waals surface area contributed by atoms with Gasteiger partial charge in [0.05, 0.1) is 0 Å². The Labute approximate surface area is 79.9 Å². The van der Waals surface area contributed by atoms with Crippen molar-refractivity contribution in [2.45, 2.75) is 40.2 Å². The summed E-state index contributed by atoms with van der Waals surface area (Å²) in [6.07, 6.45) is 2.32. The van der Waals surface area contributed by atoms with Crippen molar-refractivity contribution >= 4 is 12.2 Å². The van der Waals surface area contributed by atoms with Gasteiger partial charge >= 0.3 is 5.97 Å². The first-order valence-electron chi connectivity index (χ1n) is 4.69. The van der Waals surface area contributed by atoms with E-state index in [0.717, 1.165) is 0 Å². The van der Waals surface area contributed by atoms with E-state index in [0.29, 0.717) is 18.3 Å². The summed E-state index contributed by atoms with van der Waals surface area (Å²) in [5, 5.41) is 8.82. The first kappa shape index (κ1) is 12.1. The highest BCUT2D eigenvalue weighted by Crippen LogP contribution is 2.08. The number of carboxylic acids is 1. The molecule has 76 valence electrons. The summed E-state index contributed by atoms with van der Waals surface area (Å²) in [5.41, 5.74) is 0. The lowest BCUT2D eigenvalue weighted by Gasteiger charge is -2.10. The lowest BCUT2D eigenvalue weighted by atomic mass is 10.0. The van der Waals surface area contributed by atoms with E-state index in [1.807, 2.05) is 27.7 Å². The van der Waals surface area contributed by atoms with Crippen LogP contribution < -0.4 is 0 Å². The van der Waals surface area contributed by atoms with Crippen molar-refractivity contribution in [3.8, 4) is 0 Å². The lowest BCUT2D eigenvalue weighted by molar-refractivity contribution is -0.138. The standard InChI is InChI=1S/C10H19NO2/c1-7(2)5-9(10(12)13)11-6-8(3)4/h6-9H,5H2,1-4H3,(H,12,13). The third kappa shape index (κ3) is 6.31. The van der Waals surface area contributed by atoms with Crippen LogP contribution >= 0.6 is 0 Å². The fourth-order valence-electron chi connectivity index (χ4n) is 0.948. The first-order chi connectivity index (χ1) is 5.93. The Morgan fingerprint density at radius 1 is 1.38 bits per heavy atom. The van der Waals surface area contributed by atoms with Crippen molar-refractivity contribution in [2.24, 2.45) is 16.8 Å². The molecule has 0 radical (unpaired) electrons. The largest absolute Gasteiger partial charge is 0.480 e. The van der Waals surface area contributed by atoms with Crippen LogP contribution in [0.15, 0.2) is 4.99 Å². The fourth-order valence-corrected chi connectivity index (χ4v) is 0.948. The molecule has 0 fully saturated rings. The van der Waals surface area contributed by atoms with Crippen LogP contribution in [0, 0.1) is 11.8 Å². The Morgan fingerprint density at radius 2 is 1.92 bits per heavy atom. The highest BCUT2D eigenvalue weighted by molar-refractivity contribution is 5.76. The zero-order valence-electron chi connectivity index (χ0n) is 8.82. The van der Waals surface area contributed by atoms with Crippen LogP contribution in [0.4, 0.5) is 0 Å². The Morgan fingerprint density at radius 3 is 2.23 bits per heavy atom. The predicted octanol–water partition coefficient (Wildman–Crippen LogP) is 2.21. The SMILES string of the molecule is CC(C)C=NC(CC(C)C)C(=O)O. The highest BCUT2D eigenvalue weighted by Gasteiger charge is 2.16. The molecule has 13 heavy (non-hydrogen) atoms. The summed E-state index contributed by atoms with van der Waals surface area (Å²) in [4.78, 5) is 14.8. The van der Waals surface area contributed by atoms with Crippen LogP contribution in [0.3, 0.4) is 0 Å². The minimum atomic E-state index is -0.828. The van der Waals surface area contributed by atoms with Gasteiger partial charge in [0.15, 0.2) is 0 Å². The first-order valence-corrected chi connectivity index (χ1v) is 4.69. The van der Waals surface area contributed by atoms with Gasteiger partial charge in [-0.1, -0.05) is 27.7 Å². The molecular weight excluding hydrogens is 166 g/mol. The number of carbonyl (C=O) groups is 1. The van der Waals surface area contributed by atoms with E-state index in [2.05, 4.69) is 4.99 Å². The second-order valence-electron chi connectivity index (χ2n) is 4.03. The average molecular weight is 185 g/mol. The van der Waals surface area contributed by atoms with Gasteiger partial charge in [-0.3, -0.25) is 4.99 Å². The molecule has 0 aliphatic carbocycles. The van der Waals surface area contributed by atoms with Crippen LogP contribution in [0.5, 0.6) is 0 Å². The van der Waals surface area contributed by atoms with E-state index < -0.39 is 12.0 Å². The van der Waals surface area contributed by atoms with Crippen LogP contribution in [0.2, 0.25) is 0 Å². The van der Waals surface area contributed by atoms with E-state index in [9.17, 15) is 4.79 Å². The van der Waals surface area contributed by atoms with Gasteiger partial charge in [0, 0.05) is 6.21 Å². The zero-order chi connectivity index (χ0) is 10.4. The molecule has 3 heteroatoms. The topological polar surface area (TPSA) is 49.7 Å². The molecule has 0 spiro atoms. The molecule has 0 heterocycles. The third-order valence-electron chi connectivity index (χ3n) is 1.54. The zero-order valence-corrected chi connectivity index (χ0v) is 8.82. The van der Waals surface area contributed by atoms with Crippen molar-refractivity contribution in [1.29, 1.82) is 0 Å². The summed E-state index contributed by atoms with van der Waals surface area (Å²) in [6, 6.07) is -0.567. The molecule has 0 aromatic rings. The molecule has 1 atom stereocenters. The maximum atomic E-state index is 10.7. The minimum Gasteiger partial charge on any atom is -0.480 e. The van der Waals surface area contributed by atoms with E-state index >= 15 is 0 Å². The molecule has 0 aliphatic heterocycles. The average Bonchev–Trinajstić information content (AvgIpc) is 1.96. The second kappa shape index (κ2) is 5.73. The molecule has 0 aromatic carbocycles. The van der Waals surface area contributed by atoms with E-state index in [1.54, 1.807) is 6.21 Å². The van der Waals surface area contributed by atoms with Crippen LogP contribution in [-0.4, -0.2) is 23.3 Å². The van der Waals surface area contributed by atoms with Gasteiger partial charge in [0.2, 0.25) is 0 Å². The normalized spacial score (nSPS) is 14.3. The number of hydrogen-bond donors (Lipinski definition) is 1. The molecule has 0 bridgehead atoms. The second-order valence-corrected chi connectivity index (χ2v) is 4.03. The molecular formula is C10H19NO2. The van der Waals surface area contributed by atoms with Crippen molar-refractivity contribution in [3.05, 3.63) is 0 Å². The van der Waals surface area contributed by atoms with Gasteiger partial charge in [0.1, 0.15) is 6.04 Å². The molecule has 0 saturated heterocycles. The number of hydrogen-bond acceptors (Lipinski definition) is 2. The van der Waals surface area contributed by atoms with Crippen LogP contribution in [0.1, 0.15) is 34.1 Å². The molecule has 0 amide bonds. The molecule has 1 unspecified atom stereocenters. The maximum Gasteiger partial charge on any atom is 0.328 e. The number of carboxylic acid groups (broad SMARTS) is 1. The summed E-state index contributed by atoms with van der Waals surface area (Å²) in [5.74, 6) is -0.148. The van der Waals surface area contributed by atoms with Gasteiger partial charge in [-0.15, -0.1) is 0 Å². The molecule has 1 N–H and O–H groups in total. The monoisotopic (exact) mass is 185 g/mol. The summed E-state index contributed by atoms with van der Waals surface area (Å²) in [6.45, 7) is 7.97. The Bertz CT molecular complexity index is 185. The number of aliphatic imine (C=N–C) groups is 1. The number of aliphatic carboxylic acids is 1. The van der Waals surface area contributed by atoms with E-state index in [1.165, 1.54) is 0 Å². The smallest absolute Gasteiger partial charge is 0.328 e. The maximum absolute atomic E-state index is 10.7. The van der Waals surface area contributed by atoms with Crippen molar-refractivity contribution in [1.82, 2.24) is 0 Å². The van der Waals surface area contributed by atoms with Gasteiger partial charge in [0.25, 0.3) is 0 Å². The van der Waals surface area contributed by atoms with E-state index in [-0.39, 0.29) is 0 Å². The molecule has 0 aromatic heterocycles. The molecule has 0 aliphatic rings. The molecule has 0 saturated carbocycles. The highest BCUT2D eigenvalue weighted by atomic mass is 16.4. The van der Waals surface area contributed by atoms with Crippen LogP contribution in [-0.2, 0) is 4.79 Å². The van der Waals surface area contributed by atoms with Crippen molar-refractivity contribution in [2.75, 3.05) is 0 Å². The summed E-state index contributed by atoms with van der Waals surface area (Å²) >= 11 is 0. The van der Waals surface area contributed by atoms with Crippen molar-refractivity contribution in [3.63, 3.8) is 0 Å². The molecule has 0 rings (SSSR count). The van der Waals surface area contributed by atoms with Gasteiger partial charge in [-0.05, 0) is 18.3 Å². The van der Waals surface area contributed by atoms with Crippen molar-refractivity contribution < 1.29 is 9.90 Å². The van der Waals surface area contributed by atoms with Gasteiger partial charge < -0.3 is 5.11 Å². The third-order valence-corrected chi connectivity index (χ3v) is 1.54. The Kier molecular flexibility index (Phi) is 5.35. The van der Waals surface area contributed by atoms with Gasteiger partial charge in [-0.25, -0.2) is 4.79 Å². The predicted molar refractivity (Wildman–Crippen MR) is 54.2 cm³/mol. The number of nitrogens with zero attached hydrogens (tertiary/aromatic N) is 1. The fraction of sp³-hybridized carbons (Fsp3) is 0.800. The van der Waals surface area contributed by atoms with Crippen LogP contribution in [0.25, 0.3) is 0 Å². The lowest BCUT2D eigenvalue weighted by Crippen LogP contribution is -2.20. The molecule has 3 nitrogen and oxygen atoms in total. The van der Waals surface area contributed by atoms with E-state index in [4.69, 9.17) is 5.11 Å². The summed E-state index contributed by atoms with van der Waals surface area (Å²) in [7, 11) is 0. The minimum absolute atomic E-state index is 0.314.